The fourth-order valence-electron chi connectivity index (χ4n) is 13.7. The maximum atomic E-state index is 13.2. The number of phosphoric acid groups is 2. The van der Waals surface area contributed by atoms with E-state index in [0.29, 0.717) is 31.6 Å². The molecule has 0 aromatic carbocycles. The SMILES string of the molecule is CCCCCCCCCCCCCCCCCCCCCCC(=O)OC[C@H](COP(=O)(O)OC[C@@H](O)COP(=O)(O)OC[C@@H](COC(=O)CCCCCCCCCC(C)C)OC(=O)CCCCCCCCCCCCCCCCC)OC(=O)CCCCCCCCCCCCCCCCCCCCC(C)CC. The fraction of sp³-hybridized carbons (Fsp3) is 0.955. The Labute approximate surface area is 658 Å². The third-order valence-electron chi connectivity index (χ3n) is 21.1. The Kier molecular flexibility index (Phi) is 77.9. The van der Waals surface area contributed by atoms with E-state index in [2.05, 4.69) is 41.5 Å². The van der Waals surface area contributed by atoms with Gasteiger partial charge in [0, 0.05) is 25.7 Å². The molecule has 0 aromatic heterocycles. The first kappa shape index (κ1) is 105. The predicted molar refractivity (Wildman–Crippen MR) is 442 cm³/mol. The molecule has 0 aromatic rings. The quantitative estimate of drug-likeness (QED) is 0.0222. The maximum Gasteiger partial charge on any atom is 0.472 e. The molecular formula is C88H172O17P2. The molecule has 0 amide bonds. The number of carbonyl (C=O) groups is 4. The van der Waals surface area contributed by atoms with Gasteiger partial charge in [-0.05, 0) is 37.5 Å². The number of esters is 4. The molecule has 19 heteroatoms. The van der Waals surface area contributed by atoms with Crippen molar-refractivity contribution in [1.82, 2.24) is 0 Å². The van der Waals surface area contributed by atoms with E-state index >= 15 is 0 Å². The molecule has 6 atom stereocenters. The Balaban J connectivity index is 5.21. The summed E-state index contributed by atoms with van der Waals surface area (Å²) in [6.07, 6.45) is 72.4. The Morgan fingerprint density at radius 3 is 0.710 bits per heavy atom. The van der Waals surface area contributed by atoms with Crippen LogP contribution in [-0.4, -0.2) is 96.7 Å². The molecule has 0 saturated carbocycles. The van der Waals surface area contributed by atoms with Crippen molar-refractivity contribution in [2.45, 2.75) is 490 Å². The molecule has 0 rings (SSSR count). The summed E-state index contributed by atoms with van der Waals surface area (Å²) in [6.45, 7) is 9.69. The lowest BCUT2D eigenvalue weighted by Crippen LogP contribution is -2.30. The second-order valence-corrected chi connectivity index (χ2v) is 35.3. The van der Waals surface area contributed by atoms with Gasteiger partial charge in [0.1, 0.15) is 19.3 Å². The van der Waals surface area contributed by atoms with Gasteiger partial charge in [0.2, 0.25) is 0 Å². The van der Waals surface area contributed by atoms with Crippen LogP contribution in [0.15, 0.2) is 0 Å². The smallest absolute Gasteiger partial charge is 0.462 e. The number of aliphatic hydroxyl groups excluding tert-OH is 1. The standard InChI is InChI=1S/C88H172O17P2/c1-7-10-12-14-16-18-20-22-24-25-26-27-31-35-38-42-46-52-58-64-70-85(90)98-76-83(104-87(92)73-67-61-54-48-44-40-36-32-29-28-30-34-37-41-45-51-57-63-69-81(6)9-3)78-102-106(94,95)100-74-82(89)75-101-107(96,97)103-79-84(77-99-86(91)71-65-59-55-49-50-56-62-68-80(4)5)105-88(93)72-66-60-53-47-43-39-33-23-21-19-17-15-13-11-8-2/h80-84,89H,7-79H2,1-6H3,(H,94,95)(H,96,97)/t81?,82-,83-,84-/m1/s1. The summed E-state index contributed by atoms with van der Waals surface area (Å²) in [6, 6.07) is 0. The van der Waals surface area contributed by atoms with Crippen LogP contribution in [0, 0.1) is 11.8 Å². The lowest BCUT2D eigenvalue weighted by Gasteiger charge is -2.21. The van der Waals surface area contributed by atoms with Gasteiger partial charge < -0.3 is 33.8 Å². The van der Waals surface area contributed by atoms with Crippen molar-refractivity contribution in [2.24, 2.45) is 11.8 Å². The third kappa shape index (κ3) is 80.5. The minimum absolute atomic E-state index is 0.108. The highest BCUT2D eigenvalue weighted by atomic mass is 31.2. The first-order valence-corrected chi connectivity index (χ1v) is 48.5. The van der Waals surface area contributed by atoms with E-state index in [4.69, 9.17) is 37.0 Å². The van der Waals surface area contributed by atoms with E-state index in [-0.39, 0.29) is 25.7 Å². The highest BCUT2D eigenvalue weighted by Crippen LogP contribution is 2.45. The Bertz CT molecular complexity index is 2050. The maximum absolute atomic E-state index is 13.2. The summed E-state index contributed by atoms with van der Waals surface area (Å²) in [4.78, 5) is 73.3. The molecule has 0 aliphatic carbocycles. The van der Waals surface area contributed by atoms with Crippen LogP contribution < -0.4 is 0 Å². The van der Waals surface area contributed by atoms with Crippen LogP contribution in [0.2, 0.25) is 0 Å². The van der Waals surface area contributed by atoms with E-state index in [0.717, 1.165) is 102 Å². The number of carbonyl (C=O) groups excluding carboxylic acids is 4. The van der Waals surface area contributed by atoms with Gasteiger partial charge >= 0.3 is 39.5 Å². The van der Waals surface area contributed by atoms with E-state index < -0.39 is 97.5 Å². The highest BCUT2D eigenvalue weighted by Gasteiger charge is 2.31. The number of aliphatic hydroxyl groups is 1. The number of ether oxygens (including phenoxy) is 4. The van der Waals surface area contributed by atoms with Gasteiger partial charge in [-0.1, -0.05) is 420 Å². The van der Waals surface area contributed by atoms with Gasteiger partial charge in [-0.2, -0.15) is 0 Å². The van der Waals surface area contributed by atoms with Crippen molar-refractivity contribution in [3.63, 3.8) is 0 Å². The normalized spacial score (nSPS) is 14.0. The third-order valence-corrected chi connectivity index (χ3v) is 23.0. The first-order chi connectivity index (χ1) is 51.9. The van der Waals surface area contributed by atoms with Gasteiger partial charge in [0.15, 0.2) is 12.2 Å². The van der Waals surface area contributed by atoms with Gasteiger partial charge in [-0.3, -0.25) is 37.3 Å². The van der Waals surface area contributed by atoms with Crippen molar-refractivity contribution in [1.29, 1.82) is 0 Å². The number of phosphoric ester groups is 2. The topological polar surface area (TPSA) is 237 Å². The fourth-order valence-corrected chi connectivity index (χ4v) is 15.3. The number of rotatable bonds is 87. The van der Waals surface area contributed by atoms with E-state index in [9.17, 15) is 43.2 Å². The van der Waals surface area contributed by atoms with Crippen LogP contribution in [-0.2, 0) is 65.4 Å². The average molecular weight is 1560 g/mol. The number of unbranched alkanes of at least 4 members (excludes halogenated alkanes) is 56. The summed E-state index contributed by atoms with van der Waals surface area (Å²) in [5, 5.41) is 10.7. The molecule has 0 aliphatic heterocycles. The summed E-state index contributed by atoms with van der Waals surface area (Å²) in [5.74, 6) is -0.525. The van der Waals surface area contributed by atoms with Crippen LogP contribution in [0.3, 0.4) is 0 Å². The van der Waals surface area contributed by atoms with Gasteiger partial charge in [0.05, 0.1) is 26.4 Å². The van der Waals surface area contributed by atoms with E-state index in [1.54, 1.807) is 0 Å². The van der Waals surface area contributed by atoms with Crippen LogP contribution in [0.4, 0.5) is 0 Å². The largest absolute Gasteiger partial charge is 0.472 e. The summed E-state index contributed by atoms with van der Waals surface area (Å²) < 4.78 is 68.9. The lowest BCUT2D eigenvalue weighted by atomic mass is 9.99. The van der Waals surface area contributed by atoms with Crippen LogP contribution in [0.25, 0.3) is 0 Å². The molecule has 0 radical (unpaired) electrons. The summed E-state index contributed by atoms with van der Waals surface area (Å²) in [7, 11) is -9.93. The molecule has 636 valence electrons. The Morgan fingerprint density at radius 2 is 0.477 bits per heavy atom. The first-order valence-electron chi connectivity index (χ1n) is 45.5. The van der Waals surface area contributed by atoms with Crippen LogP contribution in [0.5, 0.6) is 0 Å². The van der Waals surface area contributed by atoms with E-state index in [1.807, 2.05) is 0 Å². The minimum Gasteiger partial charge on any atom is -0.462 e. The van der Waals surface area contributed by atoms with Gasteiger partial charge in [0.25, 0.3) is 0 Å². The molecule has 17 nitrogen and oxygen atoms in total. The molecular weight excluding hydrogens is 1390 g/mol. The molecule has 0 saturated heterocycles. The predicted octanol–water partition coefficient (Wildman–Crippen LogP) is 27.0. The van der Waals surface area contributed by atoms with Crippen molar-refractivity contribution in [3.8, 4) is 0 Å². The molecule has 0 fully saturated rings. The second-order valence-electron chi connectivity index (χ2n) is 32.4. The molecule has 3 unspecified atom stereocenters. The second kappa shape index (κ2) is 79.3. The molecule has 0 heterocycles. The Hall–Kier alpha value is -1.94. The lowest BCUT2D eigenvalue weighted by molar-refractivity contribution is -0.161. The summed E-state index contributed by atoms with van der Waals surface area (Å²) in [5.41, 5.74) is 0. The van der Waals surface area contributed by atoms with Gasteiger partial charge in [-0.15, -0.1) is 0 Å². The minimum atomic E-state index is -4.97. The van der Waals surface area contributed by atoms with Crippen molar-refractivity contribution >= 4 is 39.5 Å². The molecule has 0 aliphatic rings. The molecule has 3 N–H and O–H groups in total. The zero-order valence-electron chi connectivity index (χ0n) is 70.5. The Morgan fingerprint density at radius 1 is 0.271 bits per heavy atom. The molecule has 0 spiro atoms. The van der Waals surface area contributed by atoms with Crippen molar-refractivity contribution in [2.75, 3.05) is 39.6 Å². The van der Waals surface area contributed by atoms with Crippen molar-refractivity contribution in [3.05, 3.63) is 0 Å². The molecule has 107 heavy (non-hydrogen) atoms. The van der Waals surface area contributed by atoms with Gasteiger partial charge in [-0.25, -0.2) is 9.13 Å². The highest BCUT2D eigenvalue weighted by molar-refractivity contribution is 7.47. The van der Waals surface area contributed by atoms with Crippen molar-refractivity contribution < 1.29 is 80.2 Å². The average Bonchev–Trinajstić information content (AvgIpc) is 0.905. The van der Waals surface area contributed by atoms with Crippen LogP contribution in [0.1, 0.15) is 472 Å². The molecule has 0 bridgehead atoms. The monoisotopic (exact) mass is 1560 g/mol. The number of hydrogen-bond donors (Lipinski definition) is 3. The zero-order valence-corrected chi connectivity index (χ0v) is 72.2. The number of hydrogen-bond acceptors (Lipinski definition) is 15. The van der Waals surface area contributed by atoms with Crippen LogP contribution >= 0.6 is 15.6 Å². The van der Waals surface area contributed by atoms with E-state index in [1.165, 1.54) is 283 Å². The summed E-state index contributed by atoms with van der Waals surface area (Å²) >= 11 is 0. The zero-order chi connectivity index (χ0) is 78.5.